The summed E-state index contributed by atoms with van der Waals surface area (Å²) in [4.78, 5) is 29.4. The largest absolute Gasteiger partial charge is 0.481 e. The average Bonchev–Trinajstić information content (AvgIpc) is 3.85. The fourth-order valence-electron chi connectivity index (χ4n) is 5.97. The topological polar surface area (TPSA) is 138 Å². The maximum Gasteiger partial charge on any atom is 0.303 e. The van der Waals surface area contributed by atoms with Crippen molar-refractivity contribution in [2.75, 3.05) is 49.0 Å². The van der Waals surface area contributed by atoms with Gasteiger partial charge in [-0.3, -0.25) is 19.4 Å². The number of piperidine rings is 1. The Morgan fingerprint density at radius 1 is 1.05 bits per heavy atom. The first-order valence-electron chi connectivity index (χ1n) is 15.0. The third-order valence-electron chi connectivity index (χ3n) is 8.47. The highest BCUT2D eigenvalue weighted by Crippen LogP contribution is 2.34. The number of benzene rings is 1. The Hall–Kier alpha value is -3.42. The first-order chi connectivity index (χ1) is 20.7. The molecule has 2 saturated heterocycles. The van der Waals surface area contributed by atoms with Crippen molar-refractivity contribution in [1.29, 1.82) is 0 Å². The lowest BCUT2D eigenvalue weighted by atomic mass is 9.91. The first kappa shape index (κ1) is 29.6. The molecule has 230 valence electrons. The van der Waals surface area contributed by atoms with Crippen molar-refractivity contribution in [2.24, 2.45) is 5.92 Å². The number of aliphatic carboxylic acids is 1. The molecule has 43 heavy (non-hydrogen) atoms. The number of sulfonamides is 1. The van der Waals surface area contributed by atoms with Crippen molar-refractivity contribution >= 4 is 38.5 Å². The summed E-state index contributed by atoms with van der Waals surface area (Å²) in [6, 6.07) is 4.67. The van der Waals surface area contributed by atoms with Crippen molar-refractivity contribution < 1.29 is 27.4 Å². The van der Waals surface area contributed by atoms with Gasteiger partial charge in [0.05, 0.1) is 41.6 Å². The highest BCUT2D eigenvalue weighted by molar-refractivity contribution is 7.93. The lowest BCUT2D eigenvalue weighted by Crippen LogP contribution is -2.37. The number of ether oxygens (including phenoxy) is 1. The summed E-state index contributed by atoms with van der Waals surface area (Å²) in [5.74, 6) is -0.137. The monoisotopic (exact) mass is 612 g/mol. The number of halogens is 1. The number of anilines is 2. The third kappa shape index (κ3) is 7.22. The van der Waals surface area contributed by atoms with Gasteiger partial charge < -0.3 is 14.7 Å². The Balaban J connectivity index is 1.32. The van der Waals surface area contributed by atoms with E-state index >= 15 is 4.39 Å². The fourth-order valence-corrected chi connectivity index (χ4v) is 7.33. The molecule has 1 aromatic carbocycles. The molecule has 1 aliphatic carbocycles. The minimum Gasteiger partial charge on any atom is -0.481 e. The summed E-state index contributed by atoms with van der Waals surface area (Å²) in [6.45, 7) is 4.55. The normalized spacial score (nSPS) is 18.7. The lowest BCUT2D eigenvalue weighted by Gasteiger charge is -2.32. The molecule has 3 aromatic rings. The number of hydrogen-bond acceptors (Lipinski definition) is 9. The number of nitrogens with zero attached hydrogens (tertiary/aromatic N) is 5. The van der Waals surface area contributed by atoms with Gasteiger partial charge in [0.15, 0.2) is 0 Å². The molecule has 13 heteroatoms. The molecule has 0 bridgehead atoms. The van der Waals surface area contributed by atoms with Crippen LogP contribution < -0.4 is 9.62 Å². The summed E-state index contributed by atoms with van der Waals surface area (Å²) < 4.78 is 48.6. The lowest BCUT2D eigenvalue weighted by molar-refractivity contribution is -0.137. The number of fused-ring (bicyclic) bond motifs is 1. The molecule has 6 rings (SSSR count). The number of likely N-dealkylation sites (tertiary alicyclic amines) is 1. The predicted molar refractivity (Wildman–Crippen MR) is 161 cm³/mol. The van der Waals surface area contributed by atoms with Gasteiger partial charge in [-0.1, -0.05) is 0 Å². The number of carboxylic acid groups (broad SMARTS) is 1. The quantitative estimate of drug-likeness (QED) is 0.326. The minimum atomic E-state index is -3.49. The van der Waals surface area contributed by atoms with E-state index in [4.69, 9.17) is 19.8 Å². The molecule has 0 atom stereocenters. The average molecular weight is 613 g/mol. The molecule has 3 aliphatic rings. The molecule has 4 heterocycles. The molecule has 11 nitrogen and oxygen atoms in total. The van der Waals surface area contributed by atoms with Crippen molar-refractivity contribution in [3.8, 4) is 11.3 Å². The number of aromatic nitrogens is 3. The van der Waals surface area contributed by atoms with Gasteiger partial charge in [-0.2, -0.15) is 0 Å². The molecular weight excluding hydrogens is 575 g/mol. The molecule has 0 spiro atoms. The zero-order chi connectivity index (χ0) is 30.0. The highest BCUT2D eigenvalue weighted by atomic mass is 32.2. The fraction of sp³-hybridized carbons (Fsp3) is 0.533. The van der Waals surface area contributed by atoms with Crippen LogP contribution in [0.1, 0.15) is 50.5 Å². The van der Waals surface area contributed by atoms with Gasteiger partial charge >= 0.3 is 5.97 Å². The SMILES string of the molecule is O=C(O)CCCC1CCN(Cc2cc(F)cc3c(-c4cncc(NS(=O)(=O)C5CC5)c4)nc(N4CCOCC4)nc23)CC1. The Kier molecular flexibility index (Phi) is 8.73. The summed E-state index contributed by atoms with van der Waals surface area (Å²) in [5, 5.41) is 9.11. The van der Waals surface area contributed by atoms with E-state index in [9.17, 15) is 13.2 Å². The van der Waals surface area contributed by atoms with Crippen LogP contribution in [-0.4, -0.2) is 84.0 Å². The molecule has 3 fully saturated rings. The maximum atomic E-state index is 15.2. The number of morpholine rings is 1. The standard InChI is InChI=1S/C30H37FN6O5S/c31-23-14-22(19-36-8-6-20(7-9-36)2-1-3-27(38)39)29-26(16-23)28(33-30(34-29)37-10-12-42-13-11-37)21-15-24(18-32-17-21)35-43(40,41)25-4-5-25/h14-18,20,25,35H,1-13,19H2,(H,38,39). The predicted octanol–water partition coefficient (Wildman–Crippen LogP) is 4.04. The van der Waals surface area contributed by atoms with Crippen LogP contribution in [0, 0.1) is 11.7 Å². The van der Waals surface area contributed by atoms with Crippen molar-refractivity contribution in [3.63, 3.8) is 0 Å². The van der Waals surface area contributed by atoms with E-state index in [-0.39, 0.29) is 11.7 Å². The minimum absolute atomic E-state index is 0.202. The van der Waals surface area contributed by atoms with Gasteiger partial charge in [0.2, 0.25) is 16.0 Å². The summed E-state index contributed by atoms with van der Waals surface area (Å²) >= 11 is 0. The zero-order valence-electron chi connectivity index (χ0n) is 24.0. The van der Waals surface area contributed by atoms with Crippen LogP contribution in [0.2, 0.25) is 0 Å². The van der Waals surface area contributed by atoms with Gasteiger partial charge in [-0.25, -0.2) is 22.8 Å². The van der Waals surface area contributed by atoms with Gasteiger partial charge in [0, 0.05) is 43.2 Å². The molecule has 0 amide bonds. The number of rotatable bonds is 11. The van der Waals surface area contributed by atoms with Crippen molar-refractivity contribution in [2.45, 2.75) is 56.7 Å². The van der Waals surface area contributed by atoms with Gasteiger partial charge in [-0.05, 0) is 81.3 Å². The Morgan fingerprint density at radius 3 is 2.53 bits per heavy atom. The van der Waals surface area contributed by atoms with Crippen LogP contribution >= 0.6 is 0 Å². The van der Waals surface area contributed by atoms with E-state index in [1.54, 1.807) is 18.3 Å². The number of nitrogens with one attached hydrogen (secondary N) is 1. The molecule has 1 saturated carbocycles. The van der Waals surface area contributed by atoms with Crippen molar-refractivity contribution in [3.05, 3.63) is 42.0 Å². The number of hydrogen-bond donors (Lipinski definition) is 2. The van der Waals surface area contributed by atoms with Crippen LogP contribution in [0.4, 0.5) is 16.0 Å². The van der Waals surface area contributed by atoms with Crippen LogP contribution in [-0.2, 0) is 26.1 Å². The van der Waals surface area contributed by atoms with Crippen LogP contribution in [0.15, 0.2) is 30.6 Å². The summed E-state index contributed by atoms with van der Waals surface area (Å²) in [7, 11) is -3.49. The molecule has 0 unspecified atom stereocenters. The first-order valence-corrected chi connectivity index (χ1v) is 16.5. The zero-order valence-corrected chi connectivity index (χ0v) is 24.9. The van der Waals surface area contributed by atoms with Crippen molar-refractivity contribution in [1.82, 2.24) is 19.9 Å². The van der Waals surface area contributed by atoms with Gasteiger partial charge in [0.25, 0.3) is 0 Å². The molecule has 2 N–H and O–H groups in total. The molecule has 2 aromatic heterocycles. The smallest absolute Gasteiger partial charge is 0.303 e. The van der Waals surface area contributed by atoms with Gasteiger partial charge in [-0.15, -0.1) is 0 Å². The number of carbonyl (C=O) groups is 1. The highest BCUT2D eigenvalue weighted by Gasteiger charge is 2.36. The maximum absolute atomic E-state index is 15.2. The number of pyridine rings is 1. The van der Waals surface area contributed by atoms with E-state index in [2.05, 4.69) is 19.5 Å². The second-order valence-electron chi connectivity index (χ2n) is 11.7. The van der Waals surface area contributed by atoms with Crippen LogP contribution in [0.25, 0.3) is 22.2 Å². The van der Waals surface area contributed by atoms with E-state index in [0.717, 1.165) is 37.9 Å². The Labute approximate surface area is 250 Å². The molecular formula is C30H37FN6O5S. The summed E-state index contributed by atoms with van der Waals surface area (Å²) in [5.41, 5.74) is 2.81. The Bertz CT molecular complexity index is 1590. The van der Waals surface area contributed by atoms with Crippen LogP contribution in [0.5, 0.6) is 0 Å². The summed E-state index contributed by atoms with van der Waals surface area (Å²) in [6.07, 6.45) is 8.12. The molecule has 0 radical (unpaired) electrons. The second kappa shape index (κ2) is 12.7. The number of carboxylic acids is 1. The molecule has 2 aliphatic heterocycles. The van der Waals surface area contributed by atoms with E-state index < -0.39 is 21.8 Å². The van der Waals surface area contributed by atoms with E-state index in [1.807, 2.05) is 0 Å². The third-order valence-corrected chi connectivity index (χ3v) is 10.3. The van der Waals surface area contributed by atoms with E-state index in [1.165, 1.54) is 12.3 Å². The van der Waals surface area contributed by atoms with Gasteiger partial charge in [0.1, 0.15) is 5.82 Å². The second-order valence-corrected chi connectivity index (χ2v) is 13.7. The Morgan fingerprint density at radius 2 is 1.81 bits per heavy atom. The van der Waals surface area contributed by atoms with E-state index in [0.29, 0.717) is 91.8 Å². The van der Waals surface area contributed by atoms with Crippen LogP contribution in [0.3, 0.4) is 0 Å².